The summed E-state index contributed by atoms with van der Waals surface area (Å²) < 4.78 is 28.6. The summed E-state index contributed by atoms with van der Waals surface area (Å²) in [5.74, 6) is -0.565. The van der Waals surface area contributed by atoms with Gasteiger partial charge in [0.1, 0.15) is 11.4 Å². The van der Waals surface area contributed by atoms with Crippen LogP contribution in [0.1, 0.15) is 76.6 Å². The van der Waals surface area contributed by atoms with Crippen molar-refractivity contribution < 1.29 is 23.5 Å². The molecule has 0 N–H and O–H groups in total. The van der Waals surface area contributed by atoms with Crippen LogP contribution in [0.2, 0.25) is 0 Å². The molecule has 2 atom stereocenters. The second-order valence-electron chi connectivity index (χ2n) is 11.4. The van der Waals surface area contributed by atoms with Gasteiger partial charge in [-0.05, 0) is 88.4 Å². The minimum atomic E-state index is -0.667. The van der Waals surface area contributed by atoms with E-state index in [2.05, 4.69) is 23.5 Å². The fourth-order valence-corrected chi connectivity index (χ4v) is 5.33. The Kier molecular flexibility index (Phi) is 6.32. The van der Waals surface area contributed by atoms with Crippen molar-refractivity contribution in [3.8, 4) is 5.69 Å². The van der Waals surface area contributed by atoms with Crippen LogP contribution in [-0.4, -0.2) is 38.6 Å². The van der Waals surface area contributed by atoms with Crippen LogP contribution in [0.15, 0.2) is 36.5 Å². The van der Waals surface area contributed by atoms with Crippen molar-refractivity contribution in [1.82, 2.24) is 14.3 Å². The lowest BCUT2D eigenvalue weighted by atomic mass is 9.98. The number of halogens is 1. The average molecular weight is 520 g/mol. The Morgan fingerprint density at radius 3 is 2.53 bits per heavy atom. The Morgan fingerprint density at radius 1 is 1.16 bits per heavy atom. The van der Waals surface area contributed by atoms with Gasteiger partial charge in [-0.25, -0.2) is 9.18 Å². The number of benzene rings is 2. The zero-order chi connectivity index (χ0) is 27.5. The fraction of sp³-hybridized carbons (Fsp3) is 0.433. The van der Waals surface area contributed by atoms with Crippen LogP contribution in [-0.2, 0) is 14.3 Å². The molecule has 200 valence electrons. The highest BCUT2D eigenvalue weighted by Crippen LogP contribution is 2.54. The molecule has 0 aliphatic heterocycles. The van der Waals surface area contributed by atoms with Crippen LogP contribution < -0.4 is 0 Å². The Balaban J connectivity index is 1.78. The minimum Gasteiger partial charge on any atom is -0.466 e. The number of aryl methyl sites for hydroxylation is 1. The van der Waals surface area contributed by atoms with Gasteiger partial charge in [0, 0.05) is 28.1 Å². The number of fused-ring (bicyclic) bond motifs is 2. The Hall–Kier alpha value is -3.68. The molecule has 1 fully saturated rings. The first-order valence-corrected chi connectivity index (χ1v) is 13.1. The van der Waals surface area contributed by atoms with Crippen LogP contribution in [0, 0.1) is 18.7 Å². The van der Waals surface area contributed by atoms with E-state index in [1.807, 2.05) is 45.9 Å². The van der Waals surface area contributed by atoms with Gasteiger partial charge in [-0.2, -0.15) is 9.78 Å². The van der Waals surface area contributed by atoms with E-state index in [0.29, 0.717) is 24.1 Å². The molecule has 0 bridgehead atoms. The van der Waals surface area contributed by atoms with E-state index in [0.717, 1.165) is 33.2 Å². The molecule has 2 aromatic heterocycles. The molecule has 0 spiro atoms. The smallest absolute Gasteiger partial charge is 0.435 e. The van der Waals surface area contributed by atoms with Gasteiger partial charge >= 0.3 is 12.1 Å². The molecule has 0 saturated heterocycles. The van der Waals surface area contributed by atoms with Gasteiger partial charge in [0.05, 0.1) is 29.8 Å². The highest BCUT2D eigenvalue weighted by Gasteiger charge is 2.48. The van der Waals surface area contributed by atoms with E-state index in [-0.39, 0.29) is 29.5 Å². The van der Waals surface area contributed by atoms with Crippen LogP contribution in [0.4, 0.5) is 9.18 Å². The molecule has 2 aromatic carbocycles. The van der Waals surface area contributed by atoms with Crippen molar-refractivity contribution in [2.75, 3.05) is 6.61 Å². The number of carbonyl (C=O) groups excluding carboxylic acids is 2. The number of esters is 1. The number of nitrogens with zero attached hydrogens (tertiary/aromatic N) is 3. The molecule has 2 heterocycles. The van der Waals surface area contributed by atoms with Crippen LogP contribution in [0.3, 0.4) is 0 Å². The molecule has 1 aliphatic carbocycles. The summed E-state index contributed by atoms with van der Waals surface area (Å²) in [4.78, 5) is 25.6. The predicted octanol–water partition coefficient (Wildman–Crippen LogP) is 7.00. The highest BCUT2D eigenvalue weighted by atomic mass is 19.1. The Labute approximate surface area is 221 Å². The molecule has 2 unspecified atom stereocenters. The van der Waals surface area contributed by atoms with E-state index in [1.54, 1.807) is 19.2 Å². The van der Waals surface area contributed by atoms with Gasteiger partial charge in [-0.3, -0.25) is 4.79 Å². The Bertz CT molecular complexity index is 1570. The third-order valence-electron chi connectivity index (χ3n) is 7.00. The van der Waals surface area contributed by atoms with Crippen molar-refractivity contribution in [3.05, 3.63) is 59.2 Å². The lowest BCUT2D eigenvalue weighted by Crippen LogP contribution is -2.27. The van der Waals surface area contributed by atoms with E-state index in [4.69, 9.17) is 9.47 Å². The van der Waals surface area contributed by atoms with Crippen LogP contribution in [0.25, 0.3) is 27.5 Å². The molecule has 4 aromatic rings. The number of ether oxygens (including phenoxy) is 2. The molecule has 1 aliphatic rings. The van der Waals surface area contributed by atoms with Crippen molar-refractivity contribution in [2.24, 2.45) is 5.92 Å². The molecular formula is C30H34FN3O4. The van der Waals surface area contributed by atoms with Crippen LogP contribution >= 0.6 is 0 Å². The summed E-state index contributed by atoms with van der Waals surface area (Å²) in [7, 11) is 0. The van der Waals surface area contributed by atoms with E-state index in [1.165, 1.54) is 10.7 Å². The molecule has 38 heavy (non-hydrogen) atoms. The quantitative estimate of drug-likeness (QED) is 0.265. The monoisotopic (exact) mass is 519 g/mol. The zero-order valence-corrected chi connectivity index (χ0v) is 23.0. The van der Waals surface area contributed by atoms with E-state index >= 15 is 0 Å². The first-order chi connectivity index (χ1) is 17.9. The second-order valence-corrected chi connectivity index (χ2v) is 11.4. The van der Waals surface area contributed by atoms with E-state index < -0.39 is 11.7 Å². The molecule has 0 radical (unpaired) electrons. The lowest BCUT2D eigenvalue weighted by Gasteiger charge is -2.19. The highest BCUT2D eigenvalue weighted by molar-refractivity contribution is 6.02. The summed E-state index contributed by atoms with van der Waals surface area (Å²) in [5, 5.41) is 6.05. The van der Waals surface area contributed by atoms with Gasteiger partial charge < -0.3 is 14.0 Å². The topological polar surface area (TPSA) is 75.4 Å². The molecule has 0 amide bonds. The minimum absolute atomic E-state index is 0.00732. The third-order valence-corrected chi connectivity index (χ3v) is 7.00. The average Bonchev–Trinajstić information content (AvgIpc) is 3.39. The fourth-order valence-electron chi connectivity index (χ4n) is 5.33. The summed E-state index contributed by atoms with van der Waals surface area (Å²) in [5.41, 5.74) is 4.40. The predicted molar refractivity (Wildman–Crippen MR) is 144 cm³/mol. The van der Waals surface area contributed by atoms with Gasteiger partial charge in [0.25, 0.3) is 0 Å². The van der Waals surface area contributed by atoms with Gasteiger partial charge in [-0.1, -0.05) is 13.8 Å². The normalized spacial score (nSPS) is 17.4. The number of carbonyl (C=O) groups is 2. The molecular weight excluding hydrogens is 485 g/mol. The molecule has 8 heteroatoms. The molecule has 5 rings (SSSR count). The number of aromatic nitrogens is 3. The first-order valence-electron chi connectivity index (χ1n) is 13.1. The van der Waals surface area contributed by atoms with Gasteiger partial charge in [-0.15, -0.1) is 0 Å². The van der Waals surface area contributed by atoms with Crippen LogP contribution in [0.5, 0.6) is 0 Å². The summed E-state index contributed by atoms with van der Waals surface area (Å²) in [6, 6.07) is 9.08. The van der Waals surface area contributed by atoms with Gasteiger partial charge in [0.2, 0.25) is 0 Å². The Morgan fingerprint density at radius 2 is 1.89 bits per heavy atom. The number of hydrogen-bond donors (Lipinski definition) is 0. The summed E-state index contributed by atoms with van der Waals surface area (Å²) in [6.45, 7) is 13.6. The first kappa shape index (κ1) is 25.9. The number of hydrogen-bond acceptors (Lipinski definition) is 5. The maximum atomic E-state index is 14.2. The molecule has 1 saturated carbocycles. The van der Waals surface area contributed by atoms with Crippen molar-refractivity contribution >= 4 is 33.9 Å². The number of rotatable bonds is 5. The lowest BCUT2D eigenvalue weighted by molar-refractivity contribution is -0.144. The molecule has 7 nitrogen and oxygen atoms in total. The van der Waals surface area contributed by atoms with E-state index in [9.17, 15) is 14.0 Å². The second kappa shape index (κ2) is 9.26. The van der Waals surface area contributed by atoms with Crippen molar-refractivity contribution in [2.45, 2.75) is 72.3 Å². The largest absolute Gasteiger partial charge is 0.466 e. The van der Waals surface area contributed by atoms with Crippen molar-refractivity contribution in [3.63, 3.8) is 0 Å². The zero-order valence-electron chi connectivity index (χ0n) is 23.0. The standard InChI is InChI=1S/C30H34FN3O4/c1-8-37-28(35)21-13-20(21)26-22-14-24-18(15-32-34(24)29(36)38-30(5,6)7)12-25(22)33(27(26)16(2)3)19-9-10-23(31)17(4)11-19/h9-12,14-16,20-21H,8,13H2,1-7H3. The maximum absolute atomic E-state index is 14.2. The third kappa shape index (κ3) is 4.46. The maximum Gasteiger partial charge on any atom is 0.435 e. The SMILES string of the molecule is CCOC(=O)C1CC1c1c(C(C)C)n(-c2ccc(F)c(C)c2)c2cc3cnn(C(=O)OC(C)(C)C)c3cc12. The summed E-state index contributed by atoms with van der Waals surface area (Å²) >= 11 is 0. The van der Waals surface area contributed by atoms with Gasteiger partial charge in [0.15, 0.2) is 0 Å². The van der Waals surface area contributed by atoms with Crippen molar-refractivity contribution in [1.29, 1.82) is 0 Å². The summed E-state index contributed by atoms with van der Waals surface area (Å²) in [6.07, 6.45) is 1.80.